The molecular weight excluding hydrogens is 371 g/mol. The summed E-state index contributed by atoms with van der Waals surface area (Å²) in [6.45, 7) is 5.69. The molecule has 3 heteroatoms. The average molecular weight is 386 g/mol. The van der Waals surface area contributed by atoms with Crippen molar-refractivity contribution in [3.05, 3.63) is 68.4 Å². The summed E-state index contributed by atoms with van der Waals surface area (Å²) in [6, 6.07) is 10.0. The molecule has 1 unspecified atom stereocenters. The summed E-state index contributed by atoms with van der Waals surface area (Å²) in [7, 11) is 0. The van der Waals surface area contributed by atoms with Crippen LogP contribution in [0.1, 0.15) is 32.6 Å². The van der Waals surface area contributed by atoms with Gasteiger partial charge in [-0.1, -0.05) is 50.1 Å². The third kappa shape index (κ3) is 3.09. The highest BCUT2D eigenvalue weighted by atomic mass is 79.9. The van der Waals surface area contributed by atoms with Crippen LogP contribution in [0.25, 0.3) is 0 Å². The molecule has 0 aromatic heterocycles. The van der Waals surface area contributed by atoms with Gasteiger partial charge in [0.15, 0.2) is 0 Å². The molecule has 0 aliphatic rings. The molecule has 0 spiro atoms. The number of alkyl halides is 1. The van der Waals surface area contributed by atoms with Crippen LogP contribution in [0.4, 0.5) is 4.39 Å². The van der Waals surface area contributed by atoms with Gasteiger partial charge in [-0.3, -0.25) is 0 Å². The molecule has 0 bridgehead atoms. The quantitative estimate of drug-likeness (QED) is 0.556. The predicted molar refractivity (Wildman–Crippen MR) is 85.5 cm³/mol. The first-order valence-corrected chi connectivity index (χ1v) is 7.77. The molecule has 0 fully saturated rings. The van der Waals surface area contributed by atoms with E-state index in [1.54, 1.807) is 13.8 Å². The fourth-order valence-electron chi connectivity index (χ4n) is 2.19. The Labute approximate surface area is 130 Å². The summed E-state index contributed by atoms with van der Waals surface area (Å²) in [5.41, 5.74) is 4.86. The molecule has 0 nitrogen and oxygen atoms in total. The molecule has 0 amide bonds. The first-order valence-electron chi connectivity index (χ1n) is 6.07. The number of rotatable bonds is 2. The Kier molecular flexibility index (Phi) is 4.46. The highest BCUT2D eigenvalue weighted by molar-refractivity contribution is 9.10. The van der Waals surface area contributed by atoms with E-state index in [-0.39, 0.29) is 10.6 Å². The largest absolute Gasteiger partial charge is 0.206 e. The van der Waals surface area contributed by atoms with Crippen LogP contribution in [-0.4, -0.2) is 0 Å². The van der Waals surface area contributed by atoms with Gasteiger partial charge in [0.25, 0.3) is 0 Å². The highest BCUT2D eigenvalue weighted by Crippen LogP contribution is 2.35. The Morgan fingerprint density at radius 2 is 1.53 bits per heavy atom. The second-order valence-corrected chi connectivity index (χ2v) is 6.66. The summed E-state index contributed by atoms with van der Waals surface area (Å²) in [6.07, 6.45) is 0. The van der Waals surface area contributed by atoms with Crippen molar-refractivity contribution in [2.45, 2.75) is 25.6 Å². The molecule has 100 valence electrons. The lowest BCUT2D eigenvalue weighted by Gasteiger charge is -2.16. The standard InChI is InChI=1S/C16H15Br2F/c1-9-4-5-13(17)8-14(9)15(18)12-6-10(2)16(19)11(3)7-12/h4-8,15H,1-3H3. The number of halogens is 3. The van der Waals surface area contributed by atoms with Gasteiger partial charge in [-0.15, -0.1) is 0 Å². The lowest BCUT2D eigenvalue weighted by molar-refractivity contribution is 0.608. The zero-order valence-corrected chi connectivity index (χ0v) is 14.3. The fraction of sp³-hybridized carbons (Fsp3) is 0.250. The van der Waals surface area contributed by atoms with Gasteiger partial charge in [0, 0.05) is 4.47 Å². The molecule has 0 saturated carbocycles. The maximum absolute atomic E-state index is 13.7. The van der Waals surface area contributed by atoms with E-state index >= 15 is 0 Å². The van der Waals surface area contributed by atoms with Gasteiger partial charge in [-0.2, -0.15) is 0 Å². The molecule has 0 saturated heterocycles. The molecule has 0 heterocycles. The monoisotopic (exact) mass is 384 g/mol. The van der Waals surface area contributed by atoms with Gasteiger partial charge in [-0.25, -0.2) is 4.39 Å². The van der Waals surface area contributed by atoms with E-state index < -0.39 is 0 Å². The SMILES string of the molecule is Cc1ccc(Br)cc1C(Br)c1cc(C)c(F)c(C)c1. The molecule has 1 atom stereocenters. The number of hydrogen-bond acceptors (Lipinski definition) is 0. The smallest absolute Gasteiger partial charge is 0.129 e. The van der Waals surface area contributed by atoms with Crippen LogP contribution in [0.2, 0.25) is 0 Å². The summed E-state index contributed by atoms with van der Waals surface area (Å²) in [5, 5.41) is 0. The molecule has 19 heavy (non-hydrogen) atoms. The second kappa shape index (κ2) is 5.76. The number of hydrogen-bond donors (Lipinski definition) is 0. The normalized spacial score (nSPS) is 12.5. The Bertz CT molecular complexity index is 597. The topological polar surface area (TPSA) is 0 Å². The van der Waals surface area contributed by atoms with Gasteiger partial charge < -0.3 is 0 Å². The van der Waals surface area contributed by atoms with Crippen LogP contribution in [0.5, 0.6) is 0 Å². The van der Waals surface area contributed by atoms with Gasteiger partial charge >= 0.3 is 0 Å². The van der Waals surface area contributed by atoms with Crippen LogP contribution in [0.3, 0.4) is 0 Å². The van der Waals surface area contributed by atoms with E-state index in [4.69, 9.17) is 0 Å². The van der Waals surface area contributed by atoms with Gasteiger partial charge in [-0.05, 0) is 60.7 Å². The zero-order chi connectivity index (χ0) is 14.2. The van der Waals surface area contributed by atoms with E-state index in [1.165, 1.54) is 11.1 Å². The number of benzene rings is 2. The van der Waals surface area contributed by atoms with Crippen molar-refractivity contribution in [1.82, 2.24) is 0 Å². The van der Waals surface area contributed by atoms with Crippen molar-refractivity contribution < 1.29 is 4.39 Å². The van der Waals surface area contributed by atoms with Crippen LogP contribution >= 0.6 is 31.9 Å². The van der Waals surface area contributed by atoms with Crippen molar-refractivity contribution in [2.24, 2.45) is 0 Å². The Balaban J connectivity index is 2.49. The third-order valence-electron chi connectivity index (χ3n) is 3.27. The van der Waals surface area contributed by atoms with Gasteiger partial charge in [0.2, 0.25) is 0 Å². The van der Waals surface area contributed by atoms with Crippen molar-refractivity contribution in [2.75, 3.05) is 0 Å². The number of aryl methyl sites for hydroxylation is 3. The van der Waals surface area contributed by atoms with Crippen LogP contribution in [-0.2, 0) is 0 Å². The lowest BCUT2D eigenvalue weighted by Crippen LogP contribution is -1.99. The van der Waals surface area contributed by atoms with Gasteiger partial charge in [0.05, 0.1) is 4.83 Å². The van der Waals surface area contributed by atoms with E-state index in [1.807, 2.05) is 18.2 Å². The molecule has 0 aliphatic heterocycles. The van der Waals surface area contributed by atoms with Crippen LogP contribution in [0.15, 0.2) is 34.8 Å². The molecule has 0 N–H and O–H groups in total. The molecule has 0 aliphatic carbocycles. The van der Waals surface area contributed by atoms with Crippen molar-refractivity contribution in [1.29, 1.82) is 0 Å². The van der Waals surface area contributed by atoms with Crippen molar-refractivity contribution in [3.8, 4) is 0 Å². The minimum absolute atomic E-state index is 0.0722. The van der Waals surface area contributed by atoms with Crippen molar-refractivity contribution in [3.63, 3.8) is 0 Å². The predicted octanol–water partition coefficient (Wildman–Crippen LogP) is 6.00. The zero-order valence-electron chi connectivity index (χ0n) is 11.1. The first-order chi connectivity index (χ1) is 8.90. The van der Waals surface area contributed by atoms with Crippen LogP contribution in [0, 0.1) is 26.6 Å². The lowest BCUT2D eigenvalue weighted by atomic mass is 9.97. The highest BCUT2D eigenvalue weighted by Gasteiger charge is 2.15. The molecule has 2 aromatic rings. The maximum Gasteiger partial charge on any atom is 0.129 e. The van der Waals surface area contributed by atoms with Crippen LogP contribution < -0.4 is 0 Å². The average Bonchev–Trinajstić information content (AvgIpc) is 2.37. The summed E-state index contributed by atoms with van der Waals surface area (Å²) in [5.74, 6) is -0.116. The van der Waals surface area contributed by atoms with E-state index in [9.17, 15) is 4.39 Å². The van der Waals surface area contributed by atoms with E-state index in [0.29, 0.717) is 11.1 Å². The van der Waals surface area contributed by atoms with Crippen molar-refractivity contribution >= 4 is 31.9 Å². The second-order valence-electron chi connectivity index (χ2n) is 4.83. The molecule has 2 aromatic carbocycles. The summed E-state index contributed by atoms with van der Waals surface area (Å²) in [4.78, 5) is 0.0722. The Morgan fingerprint density at radius 3 is 2.11 bits per heavy atom. The Hall–Kier alpha value is -0.670. The summed E-state index contributed by atoms with van der Waals surface area (Å²) >= 11 is 7.23. The first kappa shape index (κ1) is 14.7. The fourth-order valence-corrected chi connectivity index (χ4v) is 3.33. The minimum atomic E-state index is -0.116. The molecule has 0 radical (unpaired) electrons. The summed E-state index contributed by atoms with van der Waals surface area (Å²) < 4.78 is 14.7. The third-order valence-corrected chi connectivity index (χ3v) is 4.78. The molecular formula is C16H15Br2F. The van der Waals surface area contributed by atoms with E-state index in [2.05, 4.69) is 50.9 Å². The molecule has 2 rings (SSSR count). The van der Waals surface area contributed by atoms with E-state index in [0.717, 1.165) is 10.0 Å². The Morgan fingerprint density at radius 1 is 0.947 bits per heavy atom. The van der Waals surface area contributed by atoms with Gasteiger partial charge in [0.1, 0.15) is 5.82 Å². The minimum Gasteiger partial charge on any atom is -0.206 e. The maximum atomic E-state index is 13.7.